The molecule has 0 bridgehead atoms. The van der Waals surface area contributed by atoms with Crippen molar-refractivity contribution in [1.82, 2.24) is 0 Å². The van der Waals surface area contributed by atoms with E-state index in [4.69, 9.17) is 0 Å². The van der Waals surface area contributed by atoms with Crippen LogP contribution >= 0.6 is 11.8 Å². The van der Waals surface area contributed by atoms with Crippen LogP contribution in [0.15, 0.2) is 23.2 Å². The van der Waals surface area contributed by atoms with Gasteiger partial charge in [0.25, 0.3) is 0 Å². The van der Waals surface area contributed by atoms with Gasteiger partial charge in [-0.15, -0.1) is 0 Å². The van der Waals surface area contributed by atoms with E-state index in [-0.39, 0.29) is 0 Å². The summed E-state index contributed by atoms with van der Waals surface area (Å²) in [6.45, 7) is 4.32. The van der Waals surface area contributed by atoms with Crippen molar-refractivity contribution in [2.24, 2.45) is 10.9 Å². The molecule has 0 aliphatic carbocycles. The Morgan fingerprint density at radius 3 is 2.61 bits per heavy atom. The van der Waals surface area contributed by atoms with Crippen molar-refractivity contribution in [2.75, 3.05) is 11.1 Å². The van der Waals surface area contributed by atoms with Crippen LogP contribution in [-0.4, -0.2) is 17.0 Å². The molecule has 1 aromatic rings. The van der Waals surface area contributed by atoms with Gasteiger partial charge in [-0.25, -0.2) is 8.78 Å². The molecule has 1 atom stereocenters. The molecular weight excluding hydrogens is 254 g/mol. The fourth-order valence-electron chi connectivity index (χ4n) is 1.90. The number of rotatable bonds is 3. The smallest absolute Gasteiger partial charge is 0.161 e. The highest BCUT2D eigenvalue weighted by Gasteiger charge is 2.19. The Morgan fingerprint density at radius 2 is 2.00 bits per heavy atom. The van der Waals surface area contributed by atoms with E-state index in [1.54, 1.807) is 11.8 Å². The van der Waals surface area contributed by atoms with Gasteiger partial charge in [0.05, 0.1) is 6.04 Å². The Morgan fingerprint density at radius 1 is 1.33 bits per heavy atom. The van der Waals surface area contributed by atoms with Crippen molar-refractivity contribution in [1.29, 1.82) is 0 Å². The Labute approximate surface area is 110 Å². The van der Waals surface area contributed by atoms with Gasteiger partial charge in [-0.1, -0.05) is 25.6 Å². The van der Waals surface area contributed by atoms with E-state index < -0.39 is 11.6 Å². The third-order valence-corrected chi connectivity index (χ3v) is 3.60. The highest BCUT2D eigenvalue weighted by Crippen LogP contribution is 2.24. The lowest BCUT2D eigenvalue weighted by Crippen LogP contribution is -2.08. The van der Waals surface area contributed by atoms with Gasteiger partial charge in [-0.05, 0) is 24.5 Å². The van der Waals surface area contributed by atoms with Gasteiger partial charge in [0.15, 0.2) is 5.17 Å². The highest BCUT2D eigenvalue weighted by atomic mass is 32.2. The normalized spacial score (nSPS) is 19.2. The van der Waals surface area contributed by atoms with Crippen LogP contribution in [0.2, 0.25) is 0 Å². The number of nitrogens with one attached hydrogen (secondary N) is 1. The second kappa shape index (κ2) is 5.69. The fraction of sp³-hybridized carbons (Fsp3) is 0.462. The molecule has 1 aliphatic rings. The second-order valence-electron chi connectivity index (χ2n) is 4.81. The lowest BCUT2D eigenvalue weighted by atomic mass is 10.1. The molecule has 0 saturated carbocycles. The van der Waals surface area contributed by atoms with Crippen molar-refractivity contribution >= 4 is 22.6 Å². The molecule has 0 spiro atoms. The minimum absolute atomic E-state index is 0.302. The SMILES string of the molecule is CC(C)CC1CSC(Nc2cc(F)cc(F)c2)=N1. The van der Waals surface area contributed by atoms with Crippen LogP contribution in [0.5, 0.6) is 0 Å². The summed E-state index contributed by atoms with van der Waals surface area (Å²) in [5.41, 5.74) is 0.406. The maximum absolute atomic E-state index is 13.0. The van der Waals surface area contributed by atoms with Crippen molar-refractivity contribution < 1.29 is 8.78 Å². The molecule has 5 heteroatoms. The van der Waals surface area contributed by atoms with Crippen LogP contribution in [0.1, 0.15) is 20.3 Å². The number of nitrogens with zero attached hydrogens (tertiary/aromatic N) is 1. The number of anilines is 1. The average Bonchev–Trinajstić information content (AvgIpc) is 2.62. The zero-order chi connectivity index (χ0) is 13.1. The number of benzene rings is 1. The second-order valence-corrected chi connectivity index (χ2v) is 5.82. The molecule has 1 aliphatic heterocycles. The summed E-state index contributed by atoms with van der Waals surface area (Å²) in [6.07, 6.45) is 1.04. The number of thioether (sulfide) groups is 1. The first-order valence-corrected chi connectivity index (χ1v) is 6.95. The van der Waals surface area contributed by atoms with E-state index in [0.717, 1.165) is 23.4 Å². The Hall–Kier alpha value is -1.10. The summed E-state index contributed by atoms with van der Waals surface area (Å²) in [4.78, 5) is 4.51. The predicted octanol–water partition coefficient (Wildman–Crippen LogP) is 3.89. The molecule has 0 amide bonds. The quantitative estimate of drug-likeness (QED) is 0.901. The lowest BCUT2D eigenvalue weighted by Gasteiger charge is -2.07. The molecule has 0 fully saturated rings. The minimum Gasteiger partial charge on any atom is -0.335 e. The highest BCUT2D eigenvalue weighted by molar-refractivity contribution is 8.14. The molecule has 1 heterocycles. The third-order valence-electron chi connectivity index (χ3n) is 2.57. The summed E-state index contributed by atoms with van der Waals surface area (Å²) in [5.74, 6) is 0.364. The van der Waals surface area contributed by atoms with Crippen LogP contribution in [0.25, 0.3) is 0 Å². The maximum Gasteiger partial charge on any atom is 0.161 e. The molecular formula is C13H16F2N2S. The van der Waals surface area contributed by atoms with Crippen molar-refractivity contribution in [3.05, 3.63) is 29.8 Å². The van der Waals surface area contributed by atoms with E-state index in [9.17, 15) is 8.78 Å². The first-order valence-electron chi connectivity index (χ1n) is 5.96. The van der Waals surface area contributed by atoms with Crippen LogP contribution in [0.3, 0.4) is 0 Å². The van der Waals surface area contributed by atoms with Gasteiger partial charge in [0, 0.05) is 17.5 Å². The van der Waals surface area contributed by atoms with Crippen molar-refractivity contribution in [2.45, 2.75) is 26.3 Å². The first-order chi connectivity index (χ1) is 8.52. The van der Waals surface area contributed by atoms with Gasteiger partial charge in [-0.3, -0.25) is 4.99 Å². The molecule has 98 valence electrons. The monoisotopic (exact) mass is 270 g/mol. The van der Waals surface area contributed by atoms with E-state index in [1.165, 1.54) is 12.1 Å². The zero-order valence-electron chi connectivity index (χ0n) is 10.4. The number of aliphatic imine (C=N–C) groups is 1. The molecule has 0 saturated heterocycles. The Balaban J connectivity index is 2.01. The number of hydrogen-bond donors (Lipinski definition) is 1. The first kappa shape index (κ1) is 13.3. The summed E-state index contributed by atoms with van der Waals surface area (Å²) < 4.78 is 26.0. The summed E-state index contributed by atoms with van der Waals surface area (Å²) >= 11 is 1.59. The van der Waals surface area contributed by atoms with Crippen LogP contribution in [-0.2, 0) is 0 Å². The summed E-state index contributed by atoms with van der Waals surface area (Å²) in [7, 11) is 0. The summed E-state index contributed by atoms with van der Waals surface area (Å²) in [5, 5.41) is 3.70. The minimum atomic E-state index is -0.583. The van der Waals surface area contributed by atoms with E-state index in [1.807, 2.05) is 0 Å². The van der Waals surface area contributed by atoms with E-state index in [2.05, 4.69) is 24.2 Å². The zero-order valence-corrected chi connectivity index (χ0v) is 11.2. The molecule has 1 N–H and O–H groups in total. The largest absolute Gasteiger partial charge is 0.335 e. The fourth-order valence-corrected chi connectivity index (χ4v) is 2.87. The number of hydrogen-bond acceptors (Lipinski definition) is 3. The van der Waals surface area contributed by atoms with Gasteiger partial charge < -0.3 is 5.32 Å². The van der Waals surface area contributed by atoms with Gasteiger partial charge in [0.1, 0.15) is 11.6 Å². The predicted molar refractivity (Wildman–Crippen MR) is 73.1 cm³/mol. The van der Waals surface area contributed by atoms with Gasteiger partial charge >= 0.3 is 0 Å². The number of halogens is 2. The molecule has 1 aromatic carbocycles. The van der Waals surface area contributed by atoms with E-state index in [0.29, 0.717) is 17.6 Å². The molecule has 18 heavy (non-hydrogen) atoms. The Kier molecular flexibility index (Phi) is 4.22. The van der Waals surface area contributed by atoms with E-state index >= 15 is 0 Å². The van der Waals surface area contributed by atoms with Gasteiger partial charge in [0.2, 0.25) is 0 Å². The lowest BCUT2D eigenvalue weighted by molar-refractivity contribution is 0.529. The molecule has 2 nitrogen and oxygen atoms in total. The third kappa shape index (κ3) is 3.70. The van der Waals surface area contributed by atoms with Crippen LogP contribution < -0.4 is 5.32 Å². The molecule has 2 rings (SSSR count). The molecule has 0 aromatic heterocycles. The van der Waals surface area contributed by atoms with Crippen molar-refractivity contribution in [3.8, 4) is 0 Å². The van der Waals surface area contributed by atoms with Crippen LogP contribution in [0.4, 0.5) is 14.5 Å². The summed E-state index contributed by atoms with van der Waals surface area (Å²) in [6, 6.07) is 3.69. The van der Waals surface area contributed by atoms with Gasteiger partial charge in [-0.2, -0.15) is 0 Å². The Bertz CT molecular complexity index is 440. The number of amidine groups is 1. The van der Waals surface area contributed by atoms with Crippen molar-refractivity contribution in [3.63, 3.8) is 0 Å². The topological polar surface area (TPSA) is 24.4 Å². The average molecular weight is 270 g/mol. The van der Waals surface area contributed by atoms with Crippen LogP contribution in [0, 0.1) is 17.6 Å². The molecule has 0 radical (unpaired) electrons. The standard InChI is InChI=1S/C13H16F2N2S/c1-8(2)3-12-7-18-13(17-12)16-11-5-9(14)4-10(15)6-11/h4-6,8,12H,3,7H2,1-2H3,(H,16,17). The maximum atomic E-state index is 13.0. The molecule has 1 unspecified atom stereocenters.